The van der Waals surface area contributed by atoms with Gasteiger partial charge in [0.2, 0.25) is 0 Å². The molecular formula is C7H14O. The van der Waals surface area contributed by atoms with Crippen LogP contribution in [0.5, 0.6) is 0 Å². The van der Waals surface area contributed by atoms with Crippen molar-refractivity contribution in [1.29, 1.82) is 0 Å². The van der Waals surface area contributed by atoms with Gasteiger partial charge in [0.05, 0.1) is 0 Å². The molecule has 0 atom stereocenters. The minimum Gasteiger partial charge on any atom is -0.412 e. The van der Waals surface area contributed by atoms with Crippen molar-refractivity contribution in [3.8, 4) is 0 Å². The van der Waals surface area contributed by atoms with Crippen LogP contribution in [0.1, 0.15) is 32.1 Å². The Morgan fingerprint density at radius 3 is 1.75 bits per heavy atom. The standard InChI is InChI=1S/C7H12.H2O/c1-2-4-6-7-5-3-1;/h1-2H,3-7H2;1H2. The fraction of sp³-hybridized carbons (Fsp3) is 0.714. The quantitative estimate of drug-likeness (QED) is 0.429. The summed E-state index contributed by atoms with van der Waals surface area (Å²) in [5, 5.41) is 0. The lowest BCUT2D eigenvalue weighted by Crippen LogP contribution is -1.67. The van der Waals surface area contributed by atoms with Crippen molar-refractivity contribution in [3.63, 3.8) is 0 Å². The summed E-state index contributed by atoms with van der Waals surface area (Å²) in [4.78, 5) is 0. The van der Waals surface area contributed by atoms with Crippen molar-refractivity contribution in [2.24, 2.45) is 0 Å². The molecule has 2 N–H and O–H groups in total. The molecule has 0 unspecified atom stereocenters. The fourth-order valence-electron chi connectivity index (χ4n) is 0.937. The Labute approximate surface area is 50.7 Å². The van der Waals surface area contributed by atoms with Crippen LogP contribution in [0, 0.1) is 0 Å². The highest BCUT2D eigenvalue weighted by molar-refractivity contribution is 4.83. The summed E-state index contributed by atoms with van der Waals surface area (Å²) in [6, 6.07) is 0. The zero-order valence-corrected chi connectivity index (χ0v) is 5.19. The van der Waals surface area contributed by atoms with E-state index in [1.54, 1.807) is 0 Å². The molecule has 48 valence electrons. The molecule has 0 saturated heterocycles. The van der Waals surface area contributed by atoms with Gasteiger partial charge in [-0.15, -0.1) is 0 Å². The second-order valence-corrected chi connectivity index (χ2v) is 2.11. The van der Waals surface area contributed by atoms with E-state index < -0.39 is 0 Å². The maximum atomic E-state index is 2.30. The van der Waals surface area contributed by atoms with E-state index in [0.717, 1.165) is 0 Å². The Bertz CT molecular complexity index is 58.8. The molecule has 0 bridgehead atoms. The topological polar surface area (TPSA) is 31.5 Å². The molecule has 0 aromatic heterocycles. The third-order valence-corrected chi connectivity index (χ3v) is 1.41. The van der Waals surface area contributed by atoms with E-state index in [9.17, 15) is 0 Å². The van der Waals surface area contributed by atoms with Gasteiger partial charge in [-0.1, -0.05) is 18.6 Å². The smallest absolute Gasteiger partial charge is 0.0351 e. The third-order valence-electron chi connectivity index (χ3n) is 1.41. The lowest BCUT2D eigenvalue weighted by Gasteiger charge is -1.86. The lowest BCUT2D eigenvalue weighted by molar-refractivity contribution is 0.718. The molecule has 0 aliphatic heterocycles. The van der Waals surface area contributed by atoms with Crippen LogP contribution < -0.4 is 0 Å². The van der Waals surface area contributed by atoms with Crippen LogP contribution in [0.15, 0.2) is 12.2 Å². The van der Waals surface area contributed by atoms with E-state index in [4.69, 9.17) is 0 Å². The summed E-state index contributed by atoms with van der Waals surface area (Å²) in [5.74, 6) is 0. The zero-order valence-electron chi connectivity index (χ0n) is 5.19. The number of hydrogen-bond acceptors (Lipinski definition) is 0. The molecule has 1 aliphatic carbocycles. The monoisotopic (exact) mass is 114 g/mol. The molecule has 0 aromatic rings. The summed E-state index contributed by atoms with van der Waals surface area (Å²) in [6.07, 6.45) is 11.5. The van der Waals surface area contributed by atoms with Gasteiger partial charge in [-0.2, -0.15) is 0 Å². The van der Waals surface area contributed by atoms with Crippen molar-refractivity contribution >= 4 is 0 Å². The minimum atomic E-state index is 0. The summed E-state index contributed by atoms with van der Waals surface area (Å²) < 4.78 is 0. The van der Waals surface area contributed by atoms with Gasteiger partial charge in [-0.25, -0.2) is 0 Å². The van der Waals surface area contributed by atoms with Crippen LogP contribution in [0.25, 0.3) is 0 Å². The Morgan fingerprint density at radius 1 is 0.750 bits per heavy atom. The van der Waals surface area contributed by atoms with Crippen LogP contribution in [0.3, 0.4) is 0 Å². The highest BCUT2D eigenvalue weighted by Crippen LogP contribution is 2.08. The van der Waals surface area contributed by atoms with Gasteiger partial charge in [-0.05, 0) is 25.7 Å². The van der Waals surface area contributed by atoms with E-state index >= 15 is 0 Å². The van der Waals surface area contributed by atoms with Gasteiger partial charge in [0, 0.05) is 0 Å². The molecule has 1 aliphatic rings. The Morgan fingerprint density at radius 2 is 1.25 bits per heavy atom. The SMILES string of the molecule is C1=CCCCCC1.O. The second kappa shape index (κ2) is 4.85. The summed E-state index contributed by atoms with van der Waals surface area (Å²) >= 11 is 0. The highest BCUT2D eigenvalue weighted by atomic mass is 16.0. The molecule has 0 amide bonds. The van der Waals surface area contributed by atoms with E-state index in [1.807, 2.05) is 0 Å². The summed E-state index contributed by atoms with van der Waals surface area (Å²) in [6.45, 7) is 0. The predicted molar refractivity (Wildman–Crippen MR) is 35.8 cm³/mol. The average Bonchev–Trinajstić information content (AvgIpc) is 1.90. The Balaban J connectivity index is 0.000000490. The lowest BCUT2D eigenvalue weighted by atomic mass is 10.2. The van der Waals surface area contributed by atoms with E-state index in [0.29, 0.717) is 0 Å². The largest absolute Gasteiger partial charge is 0.412 e. The summed E-state index contributed by atoms with van der Waals surface area (Å²) in [7, 11) is 0. The number of allylic oxidation sites excluding steroid dienone is 2. The van der Waals surface area contributed by atoms with Crippen LogP contribution >= 0.6 is 0 Å². The molecule has 1 rings (SSSR count). The zero-order chi connectivity index (χ0) is 4.95. The normalized spacial score (nSPS) is 19.0. The fourth-order valence-corrected chi connectivity index (χ4v) is 0.937. The van der Waals surface area contributed by atoms with E-state index in [1.165, 1.54) is 32.1 Å². The van der Waals surface area contributed by atoms with Crippen molar-refractivity contribution in [3.05, 3.63) is 12.2 Å². The molecule has 1 nitrogen and oxygen atoms in total. The molecule has 8 heavy (non-hydrogen) atoms. The molecule has 0 radical (unpaired) electrons. The van der Waals surface area contributed by atoms with Gasteiger partial charge in [0.15, 0.2) is 0 Å². The molecule has 1 heteroatoms. The first-order chi connectivity index (χ1) is 3.50. The van der Waals surface area contributed by atoms with Gasteiger partial charge in [-0.3, -0.25) is 0 Å². The summed E-state index contributed by atoms with van der Waals surface area (Å²) in [5.41, 5.74) is 0. The van der Waals surface area contributed by atoms with Crippen LogP contribution in [-0.4, -0.2) is 5.48 Å². The molecule has 0 saturated carbocycles. The minimum absolute atomic E-state index is 0. The van der Waals surface area contributed by atoms with E-state index in [2.05, 4.69) is 12.2 Å². The van der Waals surface area contributed by atoms with Crippen molar-refractivity contribution in [1.82, 2.24) is 0 Å². The van der Waals surface area contributed by atoms with Crippen LogP contribution in [0.2, 0.25) is 0 Å². The van der Waals surface area contributed by atoms with Crippen molar-refractivity contribution in [2.45, 2.75) is 32.1 Å². The van der Waals surface area contributed by atoms with Crippen LogP contribution in [0.4, 0.5) is 0 Å². The highest BCUT2D eigenvalue weighted by Gasteiger charge is 1.88. The first-order valence-corrected chi connectivity index (χ1v) is 3.15. The van der Waals surface area contributed by atoms with Crippen LogP contribution in [-0.2, 0) is 0 Å². The van der Waals surface area contributed by atoms with Gasteiger partial charge in [0.1, 0.15) is 0 Å². The Kier molecular flexibility index (Phi) is 4.67. The first kappa shape index (κ1) is 7.70. The van der Waals surface area contributed by atoms with Gasteiger partial charge >= 0.3 is 0 Å². The maximum absolute atomic E-state index is 2.30. The molecule has 0 aromatic carbocycles. The third kappa shape index (κ3) is 2.80. The number of hydrogen-bond donors (Lipinski definition) is 0. The van der Waals surface area contributed by atoms with E-state index in [-0.39, 0.29) is 5.48 Å². The number of rotatable bonds is 0. The molecular weight excluding hydrogens is 100 g/mol. The molecule has 0 fully saturated rings. The Hall–Kier alpha value is -0.300. The average molecular weight is 114 g/mol. The van der Waals surface area contributed by atoms with Gasteiger partial charge in [0.25, 0.3) is 0 Å². The van der Waals surface area contributed by atoms with Gasteiger partial charge < -0.3 is 5.48 Å². The molecule has 0 heterocycles. The predicted octanol–water partition coefficient (Wildman–Crippen LogP) is 1.68. The molecule has 0 spiro atoms. The van der Waals surface area contributed by atoms with Crippen molar-refractivity contribution in [2.75, 3.05) is 0 Å². The maximum Gasteiger partial charge on any atom is -0.0351 e. The van der Waals surface area contributed by atoms with Crippen molar-refractivity contribution < 1.29 is 5.48 Å². The first-order valence-electron chi connectivity index (χ1n) is 3.15. The second-order valence-electron chi connectivity index (χ2n) is 2.11.